The van der Waals surface area contributed by atoms with Crippen LogP contribution in [0.1, 0.15) is 5.56 Å². The monoisotopic (exact) mass is 302 g/mol. The number of hydrogen-bond donors (Lipinski definition) is 1. The van der Waals surface area contributed by atoms with Gasteiger partial charge in [-0.2, -0.15) is 25.9 Å². The average molecular weight is 303 g/mol. The molecule has 0 radical (unpaired) electrons. The van der Waals surface area contributed by atoms with Crippen LogP contribution in [0.15, 0.2) is 18.2 Å². The van der Waals surface area contributed by atoms with Crippen molar-refractivity contribution in [3.05, 3.63) is 28.8 Å². The fourth-order valence-corrected chi connectivity index (χ4v) is 1.88. The second-order valence-corrected chi connectivity index (χ2v) is 5.87. The van der Waals surface area contributed by atoms with Crippen molar-refractivity contribution in [3.63, 3.8) is 0 Å². The minimum absolute atomic E-state index is 0.208. The Morgan fingerprint density at radius 2 is 1.83 bits per heavy atom. The predicted octanol–water partition coefficient (Wildman–Crippen LogP) is 2.58. The summed E-state index contributed by atoms with van der Waals surface area (Å²) in [6.45, 7) is 0. The smallest absolute Gasteiger partial charge is 0.271 e. The molecular formula is C9H10ClF3N2O2S. The number of nitrogens with one attached hydrogen (secondary N) is 1. The molecule has 18 heavy (non-hydrogen) atoms. The van der Waals surface area contributed by atoms with E-state index in [4.69, 9.17) is 11.6 Å². The highest BCUT2D eigenvalue weighted by Crippen LogP contribution is 2.36. The van der Waals surface area contributed by atoms with Crippen molar-refractivity contribution in [1.29, 1.82) is 0 Å². The zero-order chi connectivity index (χ0) is 14.1. The van der Waals surface area contributed by atoms with Gasteiger partial charge in [-0.25, -0.2) is 0 Å². The zero-order valence-corrected chi connectivity index (χ0v) is 11.0. The maximum Gasteiger partial charge on any atom is 0.417 e. The van der Waals surface area contributed by atoms with Gasteiger partial charge in [0.2, 0.25) is 0 Å². The highest BCUT2D eigenvalue weighted by molar-refractivity contribution is 7.90. The van der Waals surface area contributed by atoms with Crippen molar-refractivity contribution >= 4 is 27.5 Å². The van der Waals surface area contributed by atoms with Gasteiger partial charge < -0.3 is 0 Å². The van der Waals surface area contributed by atoms with Gasteiger partial charge in [-0.15, -0.1) is 0 Å². The molecule has 1 rings (SSSR count). The highest BCUT2D eigenvalue weighted by atomic mass is 35.5. The van der Waals surface area contributed by atoms with E-state index in [1.807, 2.05) is 4.72 Å². The van der Waals surface area contributed by atoms with Gasteiger partial charge in [-0.05, 0) is 18.2 Å². The third-order valence-corrected chi connectivity index (χ3v) is 3.78. The number of benzene rings is 1. The molecule has 0 unspecified atom stereocenters. The van der Waals surface area contributed by atoms with E-state index in [1.54, 1.807) is 0 Å². The molecule has 0 aliphatic rings. The summed E-state index contributed by atoms with van der Waals surface area (Å²) < 4.78 is 63.4. The van der Waals surface area contributed by atoms with Gasteiger partial charge in [0.05, 0.1) is 16.3 Å². The Morgan fingerprint density at radius 3 is 2.28 bits per heavy atom. The summed E-state index contributed by atoms with van der Waals surface area (Å²) in [6, 6.07) is 2.78. The second-order valence-electron chi connectivity index (χ2n) is 3.58. The summed E-state index contributed by atoms with van der Waals surface area (Å²) in [6.07, 6.45) is -4.64. The molecule has 1 N–H and O–H groups in total. The lowest BCUT2D eigenvalue weighted by Crippen LogP contribution is -2.29. The van der Waals surface area contributed by atoms with E-state index in [9.17, 15) is 21.6 Å². The normalized spacial score (nSPS) is 12.8. The summed E-state index contributed by atoms with van der Waals surface area (Å²) in [4.78, 5) is 0. The molecule has 4 nitrogen and oxygen atoms in total. The summed E-state index contributed by atoms with van der Waals surface area (Å²) >= 11 is 5.41. The molecule has 0 fully saturated rings. The third-order valence-electron chi connectivity index (χ3n) is 2.00. The second kappa shape index (κ2) is 4.94. The van der Waals surface area contributed by atoms with Crippen LogP contribution in [0.2, 0.25) is 5.02 Å². The molecule has 0 heterocycles. The fourth-order valence-electron chi connectivity index (χ4n) is 1.05. The molecule has 1 aromatic rings. The first-order valence-corrected chi connectivity index (χ1v) is 6.43. The van der Waals surface area contributed by atoms with Crippen LogP contribution in [0.5, 0.6) is 0 Å². The number of anilines is 1. The van der Waals surface area contributed by atoms with Crippen molar-refractivity contribution in [3.8, 4) is 0 Å². The van der Waals surface area contributed by atoms with Gasteiger partial charge in [-0.1, -0.05) is 11.6 Å². The maximum atomic E-state index is 12.5. The molecule has 102 valence electrons. The standard InChI is InChI=1S/C9H10ClF3N2O2S/c1-15(2)18(16,17)14-6-3-4-8(10)7(5-6)9(11,12)13/h3-5,14H,1-2H3. The summed E-state index contributed by atoms with van der Waals surface area (Å²) in [5, 5.41) is -0.490. The van der Waals surface area contributed by atoms with Crippen LogP contribution in [0.25, 0.3) is 0 Å². The first kappa shape index (κ1) is 15.1. The van der Waals surface area contributed by atoms with Crippen LogP contribution in [0, 0.1) is 0 Å². The highest BCUT2D eigenvalue weighted by Gasteiger charge is 2.33. The van der Waals surface area contributed by atoms with Gasteiger partial charge in [0, 0.05) is 14.1 Å². The molecule has 9 heteroatoms. The van der Waals surface area contributed by atoms with E-state index in [0.29, 0.717) is 6.07 Å². The third kappa shape index (κ3) is 3.50. The van der Waals surface area contributed by atoms with Gasteiger partial charge in [0.1, 0.15) is 0 Å². The summed E-state index contributed by atoms with van der Waals surface area (Å²) in [7, 11) is -1.35. The molecule has 0 aromatic heterocycles. The SMILES string of the molecule is CN(C)S(=O)(=O)Nc1ccc(Cl)c(C(F)(F)F)c1. The molecule has 0 amide bonds. The number of halogens is 4. The maximum absolute atomic E-state index is 12.5. The van der Waals surface area contributed by atoms with E-state index in [-0.39, 0.29) is 5.69 Å². The first-order chi connectivity index (χ1) is 8.04. The predicted molar refractivity (Wildman–Crippen MR) is 62.7 cm³/mol. The molecule has 0 bridgehead atoms. The Bertz CT molecular complexity index is 543. The minimum atomic E-state index is -4.64. The van der Waals surface area contributed by atoms with Crippen molar-refractivity contribution in [2.24, 2.45) is 0 Å². The largest absolute Gasteiger partial charge is 0.417 e. The van der Waals surface area contributed by atoms with E-state index >= 15 is 0 Å². The topological polar surface area (TPSA) is 49.4 Å². The molecule has 0 spiro atoms. The Kier molecular flexibility index (Phi) is 4.14. The van der Waals surface area contributed by atoms with Crippen molar-refractivity contribution in [2.45, 2.75) is 6.18 Å². The van der Waals surface area contributed by atoms with E-state index < -0.39 is 27.0 Å². The van der Waals surface area contributed by atoms with Crippen LogP contribution < -0.4 is 4.72 Å². The summed E-state index contributed by atoms with van der Waals surface area (Å²) in [5.41, 5.74) is -1.30. The summed E-state index contributed by atoms with van der Waals surface area (Å²) in [5.74, 6) is 0. The zero-order valence-electron chi connectivity index (χ0n) is 9.42. The van der Waals surface area contributed by atoms with Crippen LogP contribution >= 0.6 is 11.6 Å². The lowest BCUT2D eigenvalue weighted by Gasteiger charge is -2.15. The van der Waals surface area contributed by atoms with Gasteiger partial charge >= 0.3 is 16.4 Å². The van der Waals surface area contributed by atoms with E-state index in [1.165, 1.54) is 14.1 Å². The number of hydrogen-bond acceptors (Lipinski definition) is 2. The van der Waals surface area contributed by atoms with Crippen molar-refractivity contribution < 1.29 is 21.6 Å². The quantitative estimate of drug-likeness (QED) is 0.933. The molecule has 0 saturated heterocycles. The lowest BCUT2D eigenvalue weighted by atomic mass is 10.2. The Hall–Kier alpha value is -0.990. The van der Waals surface area contributed by atoms with Crippen molar-refractivity contribution in [2.75, 3.05) is 18.8 Å². The first-order valence-electron chi connectivity index (χ1n) is 4.61. The van der Waals surface area contributed by atoms with Gasteiger partial charge in [-0.3, -0.25) is 4.72 Å². The van der Waals surface area contributed by atoms with Crippen molar-refractivity contribution in [1.82, 2.24) is 4.31 Å². The number of nitrogens with zero attached hydrogens (tertiary/aromatic N) is 1. The Balaban J connectivity index is 3.15. The van der Waals surface area contributed by atoms with E-state index in [2.05, 4.69) is 0 Å². The Morgan fingerprint density at radius 1 is 1.28 bits per heavy atom. The number of alkyl halides is 3. The molecule has 1 aromatic carbocycles. The number of rotatable bonds is 3. The van der Waals surface area contributed by atoms with Crippen LogP contribution in [-0.4, -0.2) is 26.8 Å². The van der Waals surface area contributed by atoms with Gasteiger partial charge in [0.25, 0.3) is 0 Å². The van der Waals surface area contributed by atoms with Gasteiger partial charge in [0.15, 0.2) is 0 Å². The van der Waals surface area contributed by atoms with Crippen LogP contribution in [0.4, 0.5) is 18.9 Å². The lowest BCUT2D eigenvalue weighted by molar-refractivity contribution is -0.137. The molecule has 0 aliphatic carbocycles. The molecular weight excluding hydrogens is 293 g/mol. The van der Waals surface area contributed by atoms with Crippen LogP contribution in [0.3, 0.4) is 0 Å². The van der Waals surface area contributed by atoms with Crippen LogP contribution in [-0.2, 0) is 16.4 Å². The fraction of sp³-hybridized carbons (Fsp3) is 0.333. The molecule has 0 aliphatic heterocycles. The average Bonchev–Trinajstić information content (AvgIpc) is 2.18. The minimum Gasteiger partial charge on any atom is -0.271 e. The molecule has 0 atom stereocenters. The Labute approximate surface area is 108 Å². The van der Waals surface area contributed by atoms with E-state index in [0.717, 1.165) is 16.4 Å². The molecule has 0 saturated carbocycles.